The van der Waals surface area contributed by atoms with Gasteiger partial charge in [0.2, 0.25) is 5.91 Å². The van der Waals surface area contributed by atoms with E-state index < -0.39 is 0 Å². The molecule has 1 N–H and O–H groups in total. The molecule has 2 heterocycles. The summed E-state index contributed by atoms with van der Waals surface area (Å²) in [5, 5.41) is 1.28. The fourth-order valence-corrected chi connectivity index (χ4v) is 4.76. The van der Waals surface area contributed by atoms with Crippen molar-refractivity contribution in [2.75, 3.05) is 32.9 Å². The maximum atomic E-state index is 13.1. The molecule has 2 aromatic rings. The number of carbonyl (C=O) groups excluding carboxylic acids is 1. The van der Waals surface area contributed by atoms with Gasteiger partial charge in [-0.3, -0.25) is 14.1 Å². The van der Waals surface area contributed by atoms with Crippen molar-refractivity contribution in [2.45, 2.75) is 32.7 Å². The average Bonchev–Trinajstić information content (AvgIpc) is 3.11. The molecule has 2 atom stereocenters. The average molecular weight is 369 g/mol. The topological polar surface area (TPSA) is 39.3 Å². The van der Waals surface area contributed by atoms with Gasteiger partial charge in [-0.2, -0.15) is 0 Å². The van der Waals surface area contributed by atoms with Crippen molar-refractivity contribution in [2.24, 2.45) is 5.92 Å². The van der Waals surface area contributed by atoms with Gasteiger partial charge in [0.05, 0.1) is 12.6 Å². The van der Waals surface area contributed by atoms with E-state index in [0.29, 0.717) is 19.5 Å². The number of H-pyrrole nitrogens is 1. The van der Waals surface area contributed by atoms with Crippen LogP contribution in [-0.2, 0) is 11.2 Å². The van der Waals surface area contributed by atoms with Gasteiger partial charge in [0, 0.05) is 49.3 Å². The molecule has 0 radical (unpaired) electrons. The molecule has 1 aliphatic carbocycles. The number of aromatic nitrogens is 1. The van der Waals surface area contributed by atoms with Gasteiger partial charge in [-0.25, -0.2) is 0 Å². The molecule has 4 rings (SSSR count). The lowest BCUT2D eigenvalue weighted by molar-refractivity contribution is -0.134. The number of fused-ring (bicyclic) bond motifs is 2. The van der Waals surface area contributed by atoms with Crippen molar-refractivity contribution < 1.29 is 9.18 Å². The smallest absolute Gasteiger partial charge is 0.230 e. The number of hydrogen-bond acceptors (Lipinski definition) is 2. The maximum absolute atomic E-state index is 13.1. The Morgan fingerprint density at radius 3 is 2.89 bits per heavy atom. The number of rotatable bonds is 6. The van der Waals surface area contributed by atoms with E-state index in [1.165, 1.54) is 22.1 Å². The van der Waals surface area contributed by atoms with E-state index >= 15 is 0 Å². The second kappa shape index (κ2) is 7.47. The molecular formula is C22H28FN3O. The number of alkyl halides is 1. The van der Waals surface area contributed by atoms with E-state index in [-0.39, 0.29) is 24.5 Å². The molecule has 1 aromatic heterocycles. The van der Waals surface area contributed by atoms with Crippen LogP contribution in [-0.4, -0.2) is 59.6 Å². The molecule has 0 unspecified atom stereocenters. The first-order valence-electron chi connectivity index (χ1n) is 10.1. The van der Waals surface area contributed by atoms with E-state index in [2.05, 4.69) is 40.4 Å². The SMILES string of the molecule is CCN(CC)C(=O)[C@H]1C=C2c3cccc4[nH]cc(c34)C[C@H]2N(CCCF)C1. The molecule has 1 aliphatic heterocycles. The summed E-state index contributed by atoms with van der Waals surface area (Å²) in [5.41, 5.74) is 4.93. The van der Waals surface area contributed by atoms with Gasteiger partial charge in [0.15, 0.2) is 0 Å². The lowest BCUT2D eigenvalue weighted by Gasteiger charge is -2.42. The Morgan fingerprint density at radius 1 is 1.33 bits per heavy atom. The van der Waals surface area contributed by atoms with Crippen LogP contribution in [0.3, 0.4) is 0 Å². The van der Waals surface area contributed by atoms with Crippen molar-refractivity contribution in [1.82, 2.24) is 14.8 Å². The minimum atomic E-state index is -0.318. The Kier molecular flexibility index (Phi) is 5.04. The molecule has 0 spiro atoms. The molecule has 0 fully saturated rings. The lowest BCUT2D eigenvalue weighted by atomic mass is 9.79. The molecule has 4 nitrogen and oxygen atoms in total. The van der Waals surface area contributed by atoms with E-state index in [1.807, 2.05) is 18.7 Å². The van der Waals surface area contributed by atoms with Gasteiger partial charge in [-0.15, -0.1) is 0 Å². The highest BCUT2D eigenvalue weighted by atomic mass is 19.1. The fraction of sp³-hybridized carbons (Fsp3) is 0.500. The van der Waals surface area contributed by atoms with Gasteiger partial charge in [-0.1, -0.05) is 18.2 Å². The number of carbonyl (C=O) groups is 1. The van der Waals surface area contributed by atoms with Crippen molar-refractivity contribution in [3.05, 3.63) is 41.6 Å². The minimum absolute atomic E-state index is 0.161. The molecule has 144 valence electrons. The van der Waals surface area contributed by atoms with Crippen LogP contribution in [0.2, 0.25) is 0 Å². The quantitative estimate of drug-likeness (QED) is 0.844. The number of nitrogens with zero attached hydrogens (tertiary/aromatic N) is 2. The first-order chi connectivity index (χ1) is 13.2. The zero-order chi connectivity index (χ0) is 19.0. The third-order valence-electron chi connectivity index (χ3n) is 6.09. The maximum Gasteiger partial charge on any atom is 0.230 e. The lowest BCUT2D eigenvalue weighted by Crippen LogP contribution is -2.49. The van der Waals surface area contributed by atoms with Gasteiger partial charge in [0.1, 0.15) is 0 Å². The van der Waals surface area contributed by atoms with Crippen LogP contribution in [0.25, 0.3) is 16.5 Å². The summed E-state index contributed by atoms with van der Waals surface area (Å²) in [5.74, 6) is 0.0229. The van der Waals surface area contributed by atoms with Crippen molar-refractivity contribution in [1.29, 1.82) is 0 Å². The fourth-order valence-electron chi connectivity index (χ4n) is 4.76. The third kappa shape index (κ3) is 3.08. The highest BCUT2D eigenvalue weighted by Crippen LogP contribution is 2.41. The van der Waals surface area contributed by atoms with Crippen molar-refractivity contribution in [3.8, 4) is 0 Å². The molecule has 1 amide bonds. The van der Waals surface area contributed by atoms with E-state index in [4.69, 9.17) is 0 Å². The Balaban J connectivity index is 1.77. The largest absolute Gasteiger partial charge is 0.361 e. The number of amides is 1. The molecule has 0 bridgehead atoms. The number of benzene rings is 1. The van der Waals surface area contributed by atoms with Crippen LogP contribution in [0.5, 0.6) is 0 Å². The number of hydrogen-bond donors (Lipinski definition) is 1. The van der Waals surface area contributed by atoms with Crippen LogP contribution < -0.4 is 0 Å². The highest BCUT2D eigenvalue weighted by molar-refractivity contribution is 5.99. The summed E-state index contributed by atoms with van der Waals surface area (Å²) < 4.78 is 12.9. The highest BCUT2D eigenvalue weighted by Gasteiger charge is 2.37. The second-order valence-electron chi connectivity index (χ2n) is 7.54. The number of halogens is 1. The van der Waals surface area contributed by atoms with Crippen LogP contribution in [0, 0.1) is 5.92 Å². The molecule has 0 saturated heterocycles. The molecule has 27 heavy (non-hydrogen) atoms. The Hall–Kier alpha value is -2.14. The number of aromatic amines is 1. The normalized spacial score (nSPS) is 21.8. The van der Waals surface area contributed by atoms with Gasteiger partial charge >= 0.3 is 0 Å². The molecule has 5 heteroatoms. The van der Waals surface area contributed by atoms with Gasteiger partial charge in [0.25, 0.3) is 0 Å². The summed E-state index contributed by atoms with van der Waals surface area (Å²) in [6, 6.07) is 6.56. The zero-order valence-corrected chi connectivity index (χ0v) is 16.2. The molecule has 0 saturated carbocycles. The van der Waals surface area contributed by atoms with Gasteiger partial charge < -0.3 is 9.88 Å². The Labute approximate surface area is 160 Å². The standard InChI is InChI=1S/C22H28FN3O/c1-3-25(4-2)22(27)16-11-18-17-7-5-8-19-21(17)15(13-24-19)12-20(18)26(14-16)10-6-9-23/h5,7-8,11,13,16,20,24H,3-4,6,9-10,12,14H2,1-2H3/t16-,20+/m0/s1. The van der Waals surface area contributed by atoms with Crippen LogP contribution in [0.1, 0.15) is 31.4 Å². The van der Waals surface area contributed by atoms with Gasteiger partial charge in [-0.05, 0) is 49.5 Å². The third-order valence-corrected chi connectivity index (χ3v) is 6.09. The van der Waals surface area contributed by atoms with Crippen molar-refractivity contribution in [3.63, 3.8) is 0 Å². The van der Waals surface area contributed by atoms with Crippen LogP contribution in [0.15, 0.2) is 30.5 Å². The molecule has 2 aliphatic rings. The summed E-state index contributed by atoms with van der Waals surface area (Å²) >= 11 is 0. The van der Waals surface area contributed by atoms with Crippen LogP contribution >= 0.6 is 0 Å². The monoisotopic (exact) mass is 369 g/mol. The minimum Gasteiger partial charge on any atom is -0.361 e. The van der Waals surface area contributed by atoms with Crippen molar-refractivity contribution >= 4 is 22.4 Å². The first-order valence-corrected chi connectivity index (χ1v) is 10.1. The zero-order valence-electron chi connectivity index (χ0n) is 16.2. The summed E-state index contributed by atoms with van der Waals surface area (Å²) in [7, 11) is 0. The van der Waals surface area contributed by atoms with E-state index in [1.54, 1.807) is 0 Å². The first kappa shape index (κ1) is 18.2. The Bertz CT molecular complexity index is 868. The summed E-state index contributed by atoms with van der Waals surface area (Å²) in [4.78, 5) is 20.7. The Morgan fingerprint density at radius 2 is 2.15 bits per heavy atom. The predicted octanol–water partition coefficient (Wildman–Crippen LogP) is 3.64. The molecular weight excluding hydrogens is 341 g/mol. The second-order valence-corrected chi connectivity index (χ2v) is 7.54. The summed E-state index contributed by atoms with van der Waals surface area (Å²) in [6.07, 6.45) is 5.73. The molecule has 1 aromatic carbocycles. The van der Waals surface area contributed by atoms with E-state index in [0.717, 1.165) is 25.0 Å². The predicted molar refractivity (Wildman–Crippen MR) is 107 cm³/mol. The number of nitrogens with one attached hydrogen (secondary N) is 1. The van der Waals surface area contributed by atoms with Crippen LogP contribution in [0.4, 0.5) is 4.39 Å². The van der Waals surface area contributed by atoms with E-state index in [9.17, 15) is 9.18 Å². The summed E-state index contributed by atoms with van der Waals surface area (Å²) in [6.45, 7) is 6.54.